The first-order valence-electron chi connectivity index (χ1n) is 3.64. The van der Waals surface area contributed by atoms with Gasteiger partial charge in [-0.25, -0.2) is 9.97 Å². The van der Waals surface area contributed by atoms with Crippen molar-refractivity contribution in [2.75, 3.05) is 7.11 Å². The second kappa shape index (κ2) is 3.32. The lowest BCUT2D eigenvalue weighted by molar-refractivity contribution is 0.377. The van der Waals surface area contributed by atoms with Crippen LogP contribution in [0.25, 0.3) is 0 Å². The van der Waals surface area contributed by atoms with E-state index >= 15 is 0 Å². The molecule has 0 fully saturated rings. The van der Waals surface area contributed by atoms with Gasteiger partial charge in [0.2, 0.25) is 0 Å². The Morgan fingerprint density at radius 2 is 2.27 bits per heavy atom. The van der Waals surface area contributed by atoms with Gasteiger partial charge in [0.15, 0.2) is 0 Å². The highest BCUT2D eigenvalue weighted by molar-refractivity contribution is 5.16. The molecular weight excluding hydrogens is 140 g/mol. The molecule has 0 saturated heterocycles. The Kier molecular flexibility index (Phi) is 2.41. The molecule has 0 atom stereocenters. The number of ether oxygens (including phenoxy) is 1. The second-order valence-electron chi connectivity index (χ2n) is 2.34. The van der Waals surface area contributed by atoms with E-state index in [0.29, 0.717) is 6.01 Å². The van der Waals surface area contributed by atoms with Crippen LogP contribution in [0.1, 0.15) is 18.2 Å². The quantitative estimate of drug-likeness (QED) is 0.641. The van der Waals surface area contributed by atoms with Crippen molar-refractivity contribution in [2.45, 2.75) is 20.3 Å². The monoisotopic (exact) mass is 152 g/mol. The molecule has 0 spiro atoms. The number of methoxy groups -OCH3 is 1. The molecule has 0 unspecified atom stereocenters. The average molecular weight is 152 g/mol. The summed E-state index contributed by atoms with van der Waals surface area (Å²) in [4.78, 5) is 8.15. The number of hydrogen-bond donors (Lipinski definition) is 0. The Morgan fingerprint density at radius 3 is 2.82 bits per heavy atom. The van der Waals surface area contributed by atoms with Gasteiger partial charge in [0.05, 0.1) is 12.8 Å². The maximum absolute atomic E-state index is 4.89. The molecule has 0 aliphatic rings. The Hall–Kier alpha value is -1.12. The molecule has 0 aromatic carbocycles. The highest BCUT2D eigenvalue weighted by Crippen LogP contribution is 2.07. The normalized spacial score (nSPS) is 9.73. The molecule has 60 valence electrons. The van der Waals surface area contributed by atoms with Crippen molar-refractivity contribution in [2.24, 2.45) is 0 Å². The summed E-state index contributed by atoms with van der Waals surface area (Å²) in [6, 6.07) is 0.451. The average Bonchev–Trinajstić information content (AvgIpc) is 2.05. The van der Waals surface area contributed by atoms with Gasteiger partial charge < -0.3 is 4.74 Å². The second-order valence-corrected chi connectivity index (χ2v) is 2.34. The van der Waals surface area contributed by atoms with Crippen molar-refractivity contribution in [3.05, 3.63) is 17.5 Å². The summed E-state index contributed by atoms with van der Waals surface area (Å²) in [5.74, 6) is 0. The summed E-state index contributed by atoms with van der Waals surface area (Å²) in [6.07, 6.45) is 2.70. The van der Waals surface area contributed by atoms with E-state index in [9.17, 15) is 0 Å². The molecule has 0 N–H and O–H groups in total. The highest BCUT2D eigenvalue weighted by Gasteiger charge is 2.00. The van der Waals surface area contributed by atoms with Crippen LogP contribution in [-0.4, -0.2) is 17.1 Å². The van der Waals surface area contributed by atoms with Gasteiger partial charge in [0, 0.05) is 6.20 Å². The lowest BCUT2D eigenvalue weighted by atomic mass is 10.2. The van der Waals surface area contributed by atoms with E-state index in [2.05, 4.69) is 16.9 Å². The van der Waals surface area contributed by atoms with Crippen LogP contribution in [0.4, 0.5) is 0 Å². The molecule has 3 nitrogen and oxygen atoms in total. The van der Waals surface area contributed by atoms with E-state index in [1.165, 1.54) is 0 Å². The van der Waals surface area contributed by atoms with Gasteiger partial charge in [0.25, 0.3) is 0 Å². The molecule has 1 heterocycles. The molecule has 0 bridgehead atoms. The number of aromatic nitrogens is 2. The molecular formula is C8H12N2O. The van der Waals surface area contributed by atoms with E-state index < -0.39 is 0 Å². The Balaban J connectivity index is 3.02. The van der Waals surface area contributed by atoms with Crippen LogP contribution < -0.4 is 4.74 Å². The topological polar surface area (TPSA) is 35.0 Å². The SMILES string of the molecule is CCc1nc(OC)ncc1C. The first kappa shape index (κ1) is 7.98. The third kappa shape index (κ3) is 1.67. The van der Waals surface area contributed by atoms with Crippen LogP contribution in [0.5, 0.6) is 6.01 Å². The van der Waals surface area contributed by atoms with Crippen molar-refractivity contribution in [3.8, 4) is 6.01 Å². The Labute approximate surface area is 66.4 Å². The number of rotatable bonds is 2. The zero-order valence-corrected chi connectivity index (χ0v) is 7.09. The van der Waals surface area contributed by atoms with Crippen molar-refractivity contribution in [1.29, 1.82) is 0 Å². The summed E-state index contributed by atoms with van der Waals surface area (Å²) >= 11 is 0. The minimum atomic E-state index is 0.451. The third-order valence-corrected chi connectivity index (χ3v) is 1.57. The van der Waals surface area contributed by atoms with E-state index in [1.54, 1.807) is 13.3 Å². The molecule has 3 heteroatoms. The van der Waals surface area contributed by atoms with Gasteiger partial charge in [-0.15, -0.1) is 0 Å². The lowest BCUT2D eigenvalue weighted by Gasteiger charge is -2.02. The number of aryl methyl sites for hydroxylation is 2. The predicted octanol–water partition coefficient (Wildman–Crippen LogP) is 1.36. The zero-order valence-electron chi connectivity index (χ0n) is 7.09. The van der Waals surface area contributed by atoms with Crippen LogP contribution in [0.2, 0.25) is 0 Å². The summed E-state index contributed by atoms with van der Waals surface area (Å²) in [7, 11) is 1.57. The molecule has 11 heavy (non-hydrogen) atoms. The van der Waals surface area contributed by atoms with E-state index in [4.69, 9.17) is 4.74 Å². The van der Waals surface area contributed by atoms with Crippen LogP contribution in [0.3, 0.4) is 0 Å². The molecule has 1 aromatic rings. The molecule has 1 aromatic heterocycles. The standard InChI is InChI=1S/C8H12N2O/c1-4-7-6(2)5-9-8(10-7)11-3/h5H,4H2,1-3H3. The third-order valence-electron chi connectivity index (χ3n) is 1.57. The van der Waals surface area contributed by atoms with Crippen LogP contribution >= 0.6 is 0 Å². The molecule has 0 radical (unpaired) electrons. The lowest BCUT2D eigenvalue weighted by Crippen LogP contribution is -1.97. The largest absolute Gasteiger partial charge is 0.467 e. The Bertz CT molecular complexity index is 248. The van der Waals surface area contributed by atoms with Crippen LogP contribution in [0.15, 0.2) is 6.20 Å². The van der Waals surface area contributed by atoms with Gasteiger partial charge in [-0.2, -0.15) is 0 Å². The maximum atomic E-state index is 4.89. The van der Waals surface area contributed by atoms with Gasteiger partial charge in [0.1, 0.15) is 0 Å². The van der Waals surface area contributed by atoms with E-state index in [0.717, 1.165) is 17.7 Å². The number of nitrogens with zero attached hydrogens (tertiary/aromatic N) is 2. The smallest absolute Gasteiger partial charge is 0.316 e. The fourth-order valence-electron chi connectivity index (χ4n) is 0.915. The first-order valence-corrected chi connectivity index (χ1v) is 3.64. The van der Waals surface area contributed by atoms with Gasteiger partial charge in [-0.05, 0) is 18.9 Å². The van der Waals surface area contributed by atoms with Crippen molar-refractivity contribution >= 4 is 0 Å². The molecule has 0 aliphatic carbocycles. The van der Waals surface area contributed by atoms with Crippen molar-refractivity contribution in [3.63, 3.8) is 0 Å². The van der Waals surface area contributed by atoms with Crippen molar-refractivity contribution < 1.29 is 4.74 Å². The summed E-state index contributed by atoms with van der Waals surface area (Å²) in [6.45, 7) is 4.06. The Morgan fingerprint density at radius 1 is 1.55 bits per heavy atom. The fourth-order valence-corrected chi connectivity index (χ4v) is 0.915. The summed E-state index contributed by atoms with van der Waals surface area (Å²) in [5, 5.41) is 0. The van der Waals surface area contributed by atoms with Gasteiger partial charge in [-0.1, -0.05) is 6.92 Å². The summed E-state index contributed by atoms with van der Waals surface area (Å²) in [5.41, 5.74) is 2.17. The minimum absolute atomic E-state index is 0.451. The summed E-state index contributed by atoms with van der Waals surface area (Å²) < 4.78 is 4.89. The molecule has 0 saturated carbocycles. The molecule has 0 amide bonds. The van der Waals surface area contributed by atoms with E-state index in [-0.39, 0.29) is 0 Å². The highest BCUT2D eigenvalue weighted by atomic mass is 16.5. The minimum Gasteiger partial charge on any atom is -0.467 e. The predicted molar refractivity (Wildman–Crippen MR) is 42.7 cm³/mol. The van der Waals surface area contributed by atoms with Crippen molar-refractivity contribution in [1.82, 2.24) is 9.97 Å². The van der Waals surface area contributed by atoms with E-state index in [1.807, 2.05) is 6.92 Å². The molecule has 0 aliphatic heterocycles. The van der Waals surface area contributed by atoms with Gasteiger partial charge in [-0.3, -0.25) is 0 Å². The number of hydrogen-bond acceptors (Lipinski definition) is 3. The van der Waals surface area contributed by atoms with Gasteiger partial charge >= 0.3 is 6.01 Å². The fraction of sp³-hybridized carbons (Fsp3) is 0.500. The molecule has 1 rings (SSSR count). The zero-order chi connectivity index (χ0) is 8.27. The maximum Gasteiger partial charge on any atom is 0.316 e. The first-order chi connectivity index (χ1) is 5.27. The van der Waals surface area contributed by atoms with Crippen LogP contribution in [0, 0.1) is 6.92 Å². The van der Waals surface area contributed by atoms with Crippen LogP contribution in [-0.2, 0) is 6.42 Å².